The Morgan fingerprint density at radius 1 is 1.35 bits per heavy atom. The van der Waals surface area contributed by atoms with E-state index >= 15 is 0 Å². The summed E-state index contributed by atoms with van der Waals surface area (Å²) in [6.45, 7) is -0.952. The second-order valence-corrected chi connectivity index (χ2v) is 4.14. The molecule has 1 aromatic carbocycles. The number of hydrogen-bond donors (Lipinski definition) is 0. The van der Waals surface area contributed by atoms with Gasteiger partial charge in [0, 0.05) is 11.7 Å². The van der Waals surface area contributed by atoms with Crippen molar-refractivity contribution in [2.75, 3.05) is 11.4 Å². The van der Waals surface area contributed by atoms with Crippen LogP contribution in [0.2, 0.25) is 0 Å². The lowest BCUT2D eigenvalue weighted by Gasteiger charge is -2.25. The molecule has 0 bridgehead atoms. The molecular formula is C12H11F3N2. The molecule has 2 rings (SSSR count). The number of rotatable bonds is 3. The second kappa shape index (κ2) is 4.28. The minimum Gasteiger partial charge on any atom is -0.359 e. The van der Waals surface area contributed by atoms with E-state index in [1.54, 1.807) is 18.2 Å². The highest BCUT2D eigenvalue weighted by Crippen LogP contribution is 2.34. The number of nitriles is 1. The van der Waals surface area contributed by atoms with Crippen LogP contribution in [0.25, 0.3) is 0 Å². The molecule has 1 fully saturated rings. The Hall–Kier alpha value is -1.70. The van der Waals surface area contributed by atoms with E-state index in [-0.39, 0.29) is 6.04 Å². The molecular weight excluding hydrogens is 229 g/mol. The Kier molecular flexibility index (Phi) is 2.97. The Balaban J connectivity index is 2.23. The third-order valence-electron chi connectivity index (χ3n) is 2.64. The predicted molar refractivity (Wildman–Crippen MR) is 57.6 cm³/mol. The molecule has 5 heteroatoms. The molecule has 1 aliphatic rings. The number of anilines is 1. The average Bonchev–Trinajstić information content (AvgIpc) is 3.09. The second-order valence-electron chi connectivity index (χ2n) is 4.14. The van der Waals surface area contributed by atoms with Gasteiger partial charge >= 0.3 is 6.18 Å². The number of benzene rings is 1. The van der Waals surface area contributed by atoms with Crippen LogP contribution in [0.3, 0.4) is 0 Å². The Bertz CT molecular complexity index is 444. The summed E-state index contributed by atoms with van der Waals surface area (Å²) in [5, 5.41) is 8.74. The standard InChI is InChI=1S/C12H11F3N2/c13-12(14,15)8-17(10-4-5-10)11-3-1-2-9(6-11)7-16/h1-3,6,10H,4-5,8H2. The van der Waals surface area contributed by atoms with E-state index in [0.717, 1.165) is 12.8 Å². The maximum absolute atomic E-state index is 12.5. The van der Waals surface area contributed by atoms with Crippen molar-refractivity contribution in [2.45, 2.75) is 25.1 Å². The van der Waals surface area contributed by atoms with Gasteiger partial charge in [0.1, 0.15) is 6.54 Å². The zero-order valence-corrected chi connectivity index (χ0v) is 9.04. The monoisotopic (exact) mass is 240 g/mol. The summed E-state index contributed by atoms with van der Waals surface area (Å²) in [5.41, 5.74) is 0.860. The van der Waals surface area contributed by atoms with Crippen LogP contribution in [0.4, 0.5) is 18.9 Å². The van der Waals surface area contributed by atoms with Crippen molar-refractivity contribution in [1.82, 2.24) is 0 Å². The van der Waals surface area contributed by atoms with Crippen molar-refractivity contribution in [2.24, 2.45) is 0 Å². The molecule has 0 N–H and O–H groups in total. The van der Waals surface area contributed by atoms with Crippen LogP contribution in [0, 0.1) is 11.3 Å². The smallest absolute Gasteiger partial charge is 0.359 e. The maximum atomic E-state index is 12.5. The van der Waals surface area contributed by atoms with Crippen LogP contribution >= 0.6 is 0 Å². The van der Waals surface area contributed by atoms with E-state index in [9.17, 15) is 13.2 Å². The minimum atomic E-state index is -4.22. The van der Waals surface area contributed by atoms with Gasteiger partial charge in [0.05, 0.1) is 11.6 Å². The van der Waals surface area contributed by atoms with Gasteiger partial charge in [-0.25, -0.2) is 0 Å². The molecule has 1 aliphatic carbocycles. The van der Waals surface area contributed by atoms with E-state index in [2.05, 4.69) is 0 Å². The van der Waals surface area contributed by atoms with Crippen LogP contribution < -0.4 is 4.90 Å². The van der Waals surface area contributed by atoms with Crippen molar-refractivity contribution >= 4 is 5.69 Å². The first-order valence-corrected chi connectivity index (χ1v) is 5.33. The van der Waals surface area contributed by atoms with Gasteiger partial charge in [0.2, 0.25) is 0 Å². The molecule has 0 aliphatic heterocycles. The van der Waals surface area contributed by atoms with Crippen LogP contribution in [-0.4, -0.2) is 18.8 Å². The minimum absolute atomic E-state index is 0.0365. The molecule has 0 amide bonds. The summed E-state index contributed by atoms with van der Waals surface area (Å²) < 4.78 is 37.4. The average molecular weight is 240 g/mol. The lowest BCUT2D eigenvalue weighted by Crippen LogP contribution is -2.35. The molecule has 0 saturated heterocycles. The molecule has 0 aromatic heterocycles. The van der Waals surface area contributed by atoms with Gasteiger partial charge in [-0.2, -0.15) is 18.4 Å². The van der Waals surface area contributed by atoms with E-state index in [1.807, 2.05) is 6.07 Å². The number of alkyl halides is 3. The van der Waals surface area contributed by atoms with Crippen molar-refractivity contribution < 1.29 is 13.2 Å². The fourth-order valence-electron chi connectivity index (χ4n) is 1.76. The molecule has 0 heterocycles. The number of hydrogen-bond acceptors (Lipinski definition) is 2. The molecule has 17 heavy (non-hydrogen) atoms. The maximum Gasteiger partial charge on any atom is 0.405 e. The highest BCUT2D eigenvalue weighted by Gasteiger charge is 2.38. The normalized spacial score (nSPS) is 15.4. The highest BCUT2D eigenvalue weighted by molar-refractivity contribution is 5.53. The van der Waals surface area contributed by atoms with Crippen LogP contribution in [-0.2, 0) is 0 Å². The van der Waals surface area contributed by atoms with E-state index in [0.29, 0.717) is 11.3 Å². The van der Waals surface area contributed by atoms with Gasteiger partial charge in [-0.05, 0) is 31.0 Å². The van der Waals surface area contributed by atoms with E-state index < -0.39 is 12.7 Å². The van der Waals surface area contributed by atoms with Gasteiger partial charge < -0.3 is 4.90 Å². The lowest BCUT2D eigenvalue weighted by molar-refractivity contribution is -0.120. The Morgan fingerprint density at radius 2 is 2.06 bits per heavy atom. The summed E-state index contributed by atoms with van der Waals surface area (Å²) in [6.07, 6.45) is -2.65. The molecule has 0 unspecified atom stereocenters. The van der Waals surface area contributed by atoms with Crippen molar-refractivity contribution in [3.8, 4) is 6.07 Å². The largest absolute Gasteiger partial charge is 0.405 e. The molecule has 0 radical (unpaired) electrons. The summed E-state index contributed by atoms with van der Waals surface area (Å²) in [4.78, 5) is 1.33. The first-order chi connectivity index (χ1) is 7.99. The SMILES string of the molecule is N#Cc1cccc(N(CC(F)(F)F)C2CC2)c1. The van der Waals surface area contributed by atoms with E-state index in [1.165, 1.54) is 11.0 Å². The molecule has 0 atom stereocenters. The third-order valence-corrected chi connectivity index (χ3v) is 2.64. The van der Waals surface area contributed by atoms with Gasteiger partial charge in [-0.1, -0.05) is 6.07 Å². The molecule has 2 nitrogen and oxygen atoms in total. The van der Waals surface area contributed by atoms with Crippen LogP contribution in [0.5, 0.6) is 0 Å². The highest BCUT2D eigenvalue weighted by atomic mass is 19.4. The molecule has 90 valence electrons. The van der Waals surface area contributed by atoms with Crippen molar-refractivity contribution in [1.29, 1.82) is 5.26 Å². The Labute approximate surface area is 97.3 Å². The quantitative estimate of drug-likeness (QED) is 0.811. The fourth-order valence-corrected chi connectivity index (χ4v) is 1.76. The summed E-state index contributed by atoms with van der Waals surface area (Å²) >= 11 is 0. The molecule has 1 aromatic rings. The topological polar surface area (TPSA) is 27.0 Å². The fraction of sp³-hybridized carbons (Fsp3) is 0.417. The van der Waals surface area contributed by atoms with Gasteiger partial charge in [0.15, 0.2) is 0 Å². The van der Waals surface area contributed by atoms with Crippen molar-refractivity contribution in [3.63, 3.8) is 0 Å². The van der Waals surface area contributed by atoms with E-state index in [4.69, 9.17) is 5.26 Å². The number of halogens is 3. The van der Waals surface area contributed by atoms with Gasteiger partial charge in [0.25, 0.3) is 0 Å². The zero-order chi connectivity index (χ0) is 12.5. The summed E-state index contributed by atoms with van der Waals surface area (Å²) in [5.74, 6) is 0. The molecule has 1 saturated carbocycles. The summed E-state index contributed by atoms with van der Waals surface area (Å²) in [6, 6.07) is 8.22. The van der Waals surface area contributed by atoms with Gasteiger partial charge in [-0.15, -0.1) is 0 Å². The predicted octanol–water partition coefficient (Wildman–Crippen LogP) is 3.09. The van der Waals surface area contributed by atoms with Crippen molar-refractivity contribution in [3.05, 3.63) is 29.8 Å². The summed E-state index contributed by atoms with van der Waals surface area (Å²) in [7, 11) is 0. The zero-order valence-electron chi connectivity index (χ0n) is 9.04. The Morgan fingerprint density at radius 3 is 2.59 bits per heavy atom. The first-order valence-electron chi connectivity index (χ1n) is 5.33. The number of nitrogens with zero attached hydrogens (tertiary/aromatic N) is 2. The van der Waals surface area contributed by atoms with Crippen LogP contribution in [0.15, 0.2) is 24.3 Å². The third kappa shape index (κ3) is 3.13. The lowest BCUT2D eigenvalue weighted by atomic mass is 10.2. The first kappa shape index (κ1) is 11.8. The molecule has 0 spiro atoms. The van der Waals surface area contributed by atoms with Crippen LogP contribution in [0.1, 0.15) is 18.4 Å². The van der Waals surface area contributed by atoms with Gasteiger partial charge in [-0.3, -0.25) is 0 Å².